The van der Waals surface area contributed by atoms with Crippen LogP contribution in [-0.4, -0.2) is 47.8 Å². The van der Waals surface area contributed by atoms with Crippen molar-refractivity contribution in [2.45, 2.75) is 26.4 Å². The summed E-state index contributed by atoms with van der Waals surface area (Å²) in [6.07, 6.45) is 3.96. The molecule has 0 aliphatic rings. The molecular formula is C21H30N6O. The number of likely N-dealkylation sites (N-methyl/N-ethyl adjacent to an activating group) is 1. The molecule has 0 saturated heterocycles. The van der Waals surface area contributed by atoms with Crippen LogP contribution in [0.2, 0.25) is 0 Å². The van der Waals surface area contributed by atoms with Crippen LogP contribution >= 0.6 is 0 Å². The van der Waals surface area contributed by atoms with Gasteiger partial charge in [0.05, 0.1) is 12.2 Å². The standard InChI is InChI=1S/C21H30N6O/c1-6-22-21(23-12-18(26(3)4)16-11-25-27(5)14-16)24-13-20-15(2)17-9-7-8-10-19(17)28-20/h7-11,14,18H,6,12-13H2,1-5H3,(H2,22,23,24). The van der Waals surface area contributed by atoms with E-state index in [1.54, 1.807) is 0 Å². The molecule has 2 heterocycles. The molecule has 0 amide bonds. The van der Waals surface area contributed by atoms with Gasteiger partial charge in [0.1, 0.15) is 17.9 Å². The molecule has 3 rings (SSSR count). The lowest BCUT2D eigenvalue weighted by molar-refractivity contribution is 0.298. The van der Waals surface area contributed by atoms with Crippen molar-refractivity contribution in [1.29, 1.82) is 0 Å². The van der Waals surface area contributed by atoms with E-state index in [2.05, 4.69) is 54.6 Å². The SMILES string of the molecule is CCNC(=NCc1oc2ccccc2c1C)NCC(c1cnn(C)c1)N(C)C. The molecule has 7 nitrogen and oxygen atoms in total. The number of furan rings is 1. The van der Waals surface area contributed by atoms with Gasteiger partial charge in [0, 0.05) is 42.8 Å². The average Bonchev–Trinajstić information content (AvgIpc) is 3.23. The van der Waals surface area contributed by atoms with Crippen molar-refractivity contribution in [2.24, 2.45) is 12.0 Å². The maximum Gasteiger partial charge on any atom is 0.191 e. The minimum absolute atomic E-state index is 0.200. The number of aromatic nitrogens is 2. The van der Waals surface area contributed by atoms with Crippen LogP contribution in [0.5, 0.6) is 0 Å². The van der Waals surface area contributed by atoms with E-state index in [4.69, 9.17) is 9.41 Å². The zero-order chi connectivity index (χ0) is 20.1. The first-order valence-electron chi connectivity index (χ1n) is 9.63. The summed E-state index contributed by atoms with van der Waals surface area (Å²) < 4.78 is 7.81. The molecule has 2 aromatic heterocycles. The number of fused-ring (bicyclic) bond motifs is 1. The molecular weight excluding hydrogens is 352 g/mol. The molecule has 2 N–H and O–H groups in total. The highest BCUT2D eigenvalue weighted by Gasteiger charge is 2.16. The van der Waals surface area contributed by atoms with E-state index in [0.29, 0.717) is 6.54 Å². The minimum atomic E-state index is 0.200. The highest BCUT2D eigenvalue weighted by atomic mass is 16.3. The van der Waals surface area contributed by atoms with E-state index in [1.807, 2.05) is 42.3 Å². The Balaban J connectivity index is 1.72. The number of hydrogen-bond donors (Lipinski definition) is 2. The molecule has 1 unspecified atom stereocenters. The third-order valence-corrected chi connectivity index (χ3v) is 4.86. The molecule has 0 radical (unpaired) electrons. The molecule has 0 bridgehead atoms. The Morgan fingerprint density at radius 3 is 2.71 bits per heavy atom. The Morgan fingerprint density at radius 1 is 1.29 bits per heavy atom. The molecule has 3 aromatic rings. The topological polar surface area (TPSA) is 70.6 Å². The largest absolute Gasteiger partial charge is 0.459 e. The molecule has 0 fully saturated rings. The van der Waals surface area contributed by atoms with Crippen molar-refractivity contribution in [3.8, 4) is 0 Å². The molecule has 1 aromatic carbocycles. The van der Waals surface area contributed by atoms with Gasteiger partial charge in [0.2, 0.25) is 0 Å². The second-order valence-electron chi connectivity index (χ2n) is 7.15. The molecule has 0 spiro atoms. The van der Waals surface area contributed by atoms with Crippen LogP contribution in [0.25, 0.3) is 11.0 Å². The molecule has 0 saturated carbocycles. The summed E-state index contributed by atoms with van der Waals surface area (Å²) >= 11 is 0. The van der Waals surface area contributed by atoms with E-state index in [1.165, 1.54) is 5.56 Å². The maximum atomic E-state index is 5.98. The normalized spacial score (nSPS) is 13.3. The first-order chi connectivity index (χ1) is 13.5. The molecule has 28 heavy (non-hydrogen) atoms. The summed E-state index contributed by atoms with van der Waals surface area (Å²) in [5.74, 6) is 1.67. The summed E-state index contributed by atoms with van der Waals surface area (Å²) in [7, 11) is 6.08. The van der Waals surface area contributed by atoms with Crippen LogP contribution in [0.15, 0.2) is 46.1 Å². The number of aliphatic imine (C=N–C) groups is 1. The van der Waals surface area contributed by atoms with Crippen molar-refractivity contribution in [3.05, 3.63) is 53.5 Å². The van der Waals surface area contributed by atoms with E-state index >= 15 is 0 Å². The highest BCUT2D eigenvalue weighted by molar-refractivity contribution is 5.82. The molecule has 0 aliphatic heterocycles. The lowest BCUT2D eigenvalue weighted by atomic mass is 10.1. The molecule has 0 aliphatic carbocycles. The molecule has 1 atom stereocenters. The zero-order valence-corrected chi connectivity index (χ0v) is 17.4. The number of rotatable bonds is 7. The summed E-state index contributed by atoms with van der Waals surface area (Å²) in [4.78, 5) is 6.91. The van der Waals surface area contributed by atoms with Gasteiger partial charge in [0.25, 0.3) is 0 Å². The fourth-order valence-electron chi connectivity index (χ4n) is 3.27. The van der Waals surface area contributed by atoms with Crippen LogP contribution in [0.1, 0.15) is 29.9 Å². The number of benzene rings is 1. The summed E-state index contributed by atoms with van der Waals surface area (Å²) in [5.41, 5.74) is 3.23. The predicted molar refractivity (Wildman–Crippen MR) is 113 cm³/mol. The van der Waals surface area contributed by atoms with E-state index in [0.717, 1.165) is 41.3 Å². The zero-order valence-electron chi connectivity index (χ0n) is 17.4. The predicted octanol–water partition coefficient (Wildman–Crippen LogP) is 2.83. The van der Waals surface area contributed by atoms with Crippen LogP contribution < -0.4 is 10.6 Å². The van der Waals surface area contributed by atoms with Crippen molar-refractivity contribution in [1.82, 2.24) is 25.3 Å². The van der Waals surface area contributed by atoms with Crippen LogP contribution in [0, 0.1) is 6.92 Å². The van der Waals surface area contributed by atoms with E-state index < -0.39 is 0 Å². The van der Waals surface area contributed by atoms with Crippen molar-refractivity contribution in [2.75, 3.05) is 27.2 Å². The third kappa shape index (κ3) is 4.54. The number of nitrogens with zero attached hydrogens (tertiary/aromatic N) is 4. The molecule has 150 valence electrons. The second-order valence-corrected chi connectivity index (χ2v) is 7.15. The lowest BCUT2D eigenvalue weighted by Crippen LogP contribution is -2.41. The fraction of sp³-hybridized carbons (Fsp3) is 0.429. The van der Waals surface area contributed by atoms with Gasteiger partial charge in [-0.15, -0.1) is 0 Å². The monoisotopic (exact) mass is 382 g/mol. The van der Waals surface area contributed by atoms with Crippen LogP contribution in [0.4, 0.5) is 0 Å². The summed E-state index contributed by atoms with van der Waals surface area (Å²) in [5, 5.41) is 12.2. The van der Waals surface area contributed by atoms with Gasteiger partial charge in [-0.2, -0.15) is 5.10 Å². The van der Waals surface area contributed by atoms with Crippen molar-refractivity contribution < 1.29 is 4.42 Å². The first-order valence-corrected chi connectivity index (χ1v) is 9.63. The van der Waals surface area contributed by atoms with Gasteiger partial charge in [-0.05, 0) is 34.0 Å². The second kappa shape index (κ2) is 8.93. The maximum absolute atomic E-state index is 5.98. The third-order valence-electron chi connectivity index (χ3n) is 4.86. The minimum Gasteiger partial charge on any atom is -0.459 e. The lowest BCUT2D eigenvalue weighted by Gasteiger charge is -2.24. The van der Waals surface area contributed by atoms with Gasteiger partial charge in [0.15, 0.2) is 5.96 Å². The number of hydrogen-bond acceptors (Lipinski definition) is 4. The first kappa shape index (κ1) is 19.9. The van der Waals surface area contributed by atoms with Gasteiger partial charge >= 0.3 is 0 Å². The number of aryl methyl sites for hydroxylation is 2. The van der Waals surface area contributed by atoms with E-state index in [-0.39, 0.29) is 6.04 Å². The van der Waals surface area contributed by atoms with Crippen molar-refractivity contribution >= 4 is 16.9 Å². The summed E-state index contributed by atoms with van der Waals surface area (Å²) in [6, 6.07) is 8.30. The van der Waals surface area contributed by atoms with Gasteiger partial charge in [-0.3, -0.25) is 4.68 Å². The van der Waals surface area contributed by atoms with Crippen LogP contribution in [-0.2, 0) is 13.6 Å². The smallest absolute Gasteiger partial charge is 0.191 e. The number of nitrogens with one attached hydrogen (secondary N) is 2. The van der Waals surface area contributed by atoms with Gasteiger partial charge in [-0.25, -0.2) is 4.99 Å². The average molecular weight is 383 g/mol. The number of para-hydroxylation sites is 1. The molecule has 7 heteroatoms. The fourth-order valence-corrected chi connectivity index (χ4v) is 3.27. The number of guanidine groups is 1. The van der Waals surface area contributed by atoms with Gasteiger partial charge < -0.3 is 20.0 Å². The summed E-state index contributed by atoms with van der Waals surface area (Å²) in [6.45, 7) is 6.17. The van der Waals surface area contributed by atoms with E-state index in [9.17, 15) is 0 Å². The Labute approximate surface area is 166 Å². The Hall–Kier alpha value is -2.80. The Bertz CT molecular complexity index is 939. The highest BCUT2D eigenvalue weighted by Crippen LogP contribution is 2.25. The van der Waals surface area contributed by atoms with Gasteiger partial charge in [-0.1, -0.05) is 18.2 Å². The Morgan fingerprint density at radius 2 is 2.07 bits per heavy atom. The quantitative estimate of drug-likeness (QED) is 0.486. The van der Waals surface area contributed by atoms with Crippen LogP contribution in [0.3, 0.4) is 0 Å². The van der Waals surface area contributed by atoms with Crippen molar-refractivity contribution in [3.63, 3.8) is 0 Å². The Kier molecular flexibility index (Phi) is 6.36.